The van der Waals surface area contributed by atoms with Gasteiger partial charge in [0.25, 0.3) is 0 Å². The van der Waals surface area contributed by atoms with Crippen LogP contribution in [0.5, 0.6) is 0 Å². The van der Waals surface area contributed by atoms with E-state index in [0.717, 1.165) is 44.7 Å². The normalized spacial score (nSPS) is 11.5. The number of fused-ring (bicyclic) bond motifs is 6. The molecule has 62 heavy (non-hydrogen) atoms. The molecule has 5 nitrogen and oxygen atoms in total. The Labute approximate surface area is 358 Å². The maximum atomic E-state index is 5.00. The Hall–Kier alpha value is -8.41. The molecule has 0 bridgehead atoms. The van der Waals surface area contributed by atoms with Crippen LogP contribution in [0.2, 0.25) is 0 Å². The molecular formula is C57H37N5. The van der Waals surface area contributed by atoms with Crippen molar-refractivity contribution in [3.8, 4) is 67.8 Å². The molecule has 0 unspecified atom stereocenters. The van der Waals surface area contributed by atoms with Crippen LogP contribution in [0, 0.1) is 0 Å². The fraction of sp³-hybridized carbons (Fsp3) is 0. The molecule has 12 rings (SSSR count). The van der Waals surface area contributed by atoms with Gasteiger partial charge in [0, 0.05) is 49.6 Å². The minimum Gasteiger partial charge on any atom is -0.309 e. The van der Waals surface area contributed by atoms with Crippen LogP contribution in [0.25, 0.3) is 111 Å². The van der Waals surface area contributed by atoms with E-state index in [-0.39, 0.29) is 0 Å². The van der Waals surface area contributed by atoms with Gasteiger partial charge < -0.3 is 9.13 Å². The number of para-hydroxylation sites is 3. The van der Waals surface area contributed by atoms with E-state index in [4.69, 9.17) is 15.0 Å². The summed E-state index contributed by atoms with van der Waals surface area (Å²) in [5.41, 5.74) is 14.4. The maximum absolute atomic E-state index is 5.00. The molecule has 0 aliphatic rings. The van der Waals surface area contributed by atoms with Gasteiger partial charge in [0.2, 0.25) is 0 Å². The van der Waals surface area contributed by atoms with Crippen molar-refractivity contribution in [1.82, 2.24) is 24.1 Å². The van der Waals surface area contributed by atoms with E-state index in [9.17, 15) is 0 Å². The van der Waals surface area contributed by atoms with Crippen molar-refractivity contribution >= 4 is 43.6 Å². The quantitative estimate of drug-likeness (QED) is 0.162. The van der Waals surface area contributed by atoms with Crippen molar-refractivity contribution < 1.29 is 0 Å². The number of hydrogen-bond acceptors (Lipinski definition) is 3. The van der Waals surface area contributed by atoms with Crippen LogP contribution in [0.4, 0.5) is 0 Å². The highest BCUT2D eigenvalue weighted by molar-refractivity contribution is 6.11. The van der Waals surface area contributed by atoms with E-state index < -0.39 is 0 Å². The summed E-state index contributed by atoms with van der Waals surface area (Å²) in [6.07, 6.45) is 0. The molecule has 0 spiro atoms. The molecular weight excluding hydrogens is 755 g/mol. The smallest absolute Gasteiger partial charge is 0.164 e. The first-order chi connectivity index (χ1) is 30.7. The average Bonchev–Trinajstić information content (AvgIpc) is 3.87. The lowest BCUT2D eigenvalue weighted by Gasteiger charge is -2.11. The average molecular weight is 792 g/mol. The maximum Gasteiger partial charge on any atom is 0.164 e. The number of nitrogens with zero attached hydrogens (tertiary/aromatic N) is 5. The second-order valence-electron chi connectivity index (χ2n) is 15.7. The van der Waals surface area contributed by atoms with E-state index in [1.54, 1.807) is 0 Å². The SMILES string of the molecule is c1ccc(-c2nc(-c3ccccc3)nc(-c3cccc(-c4ccc5c(c4)c4ccccc4n5-c4ccc(-c5ccc6c7ccccc7n(-c7ccccc7)c6c5)cc4)c3)n2)cc1. The molecule has 0 N–H and O–H groups in total. The Bertz CT molecular complexity index is 3550. The highest BCUT2D eigenvalue weighted by Crippen LogP contribution is 2.38. The molecule has 0 amide bonds. The number of rotatable bonds is 7. The molecule has 0 saturated heterocycles. The molecule has 3 heterocycles. The van der Waals surface area contributed by atoms with Gasteiger partial charge in [-0.1, -0.05) is 164 Å². The zero-order valence-electron chi connectivity index (χ0n) is 33.6. The summed E-state index contributed by atoms with van der Waals surface area (Å²) in [7, 11) is 0. The highest BCUT2D eigenvalue weighted by Gasteiger charge is 2.17. The molecule has 3 aromatic heterocycles. The van der Waals surface area contributed by atoms with Gasteiger partial charge in [0.1, 0.15) is 0 Å². The second kappa shape index (κ2) is 14.7. The molecule has 5 heteroatoms. The Kier molecular flexibility index (Phi) is 8.42. The Balaban J connectivity index is 0.921. The van der Waals surface area contributed by atoms with Crippen molar-refractivity contribution in [2.75, 3.05) is 0 Å². The fourth-order valence-corrected chi connectivity index (χ4v) is 9.01. The third kappa shape index (κ3) is 6.06. The standard InChI is InChI=1S/C57H37N5/c1-4-15-39(16-5-1)55-58-56(40-17-6-2-7-18-40)60-57(59-55)44-20-14-19-41(35-44)42-30-34-53-50(36-42)48-24-11-13-26-52(48)61(53)46-31-27-38(28-32-46)43-29-33-49-47-23-10-12-25-51(47)62(54(49)37-43)45-21-8-3-9-22-45/h1-37H. The lowest BCUT2D eigenvalue weighted by atomic mass is 10.0. The molecule has 0 fully saturated rings. The zero-order chi connectivity index (χ0) is 41.0. The molecule has 0 atom stereocenters. The van der Waals surface area contributed by atoms with Gasteiger partial charge in [-0.25, -0.2) is 15.0 Å². The monoisotopic (exact) mass is 791 g/mol. The van der Waals surface area contributed by atoms with Crippen LogP contribution in [-0.2, 0) is 0 Å². The number of hydrogen-bond donors (Lipinski definition) is 0. The van der Waals surface area contributed by atoms with Gasteiger partial charge in [-0.05, 0) is 82.9 Å². The van der Waals surface area contributed by atoms with Crippen molar-refractivity contribution in [2.45, 2.75) is 0 Å². The first-order valence-corrected chi connectivity index (χ1v) is 20.9. The number of aromatic nitrogens is 5. The molecule has 9 aromatic carbocycles. The van der Waals surface area contributed by atoms with Gasteiger partial charge in [-0.15, -0.1) is 0 Å². The minimum absolute atomic E-state index is 0.638. The molecule has 0 radical (unpaired) electrons. The highest BCUT2D eigenvalue weighted by atomic mass is 15.0. The van der Waals surface area contributed by atoms with Crippen LogP contribution in [0.15, 0.2) is 224 Å². The predicted molar refractivity (Wildman–Crippen MR) is 256 cm³/mol. The Morgan fingerprint density at radius 2 is 0.645 bits per heavy atom. The van der Waals surface area contributed by atoms with Gasteiger partial charge in [-0.2, -0.15) is 0 Å². The van der Waals surface area contributed by atoms with Crippen LogP contribution in [0.1, 0.15) is 0 Å². The van der Waals surface area contributed by atoms with Crippen LogP contribution < -0.4 is 0 Å². The van der Waals surface area contributed by atoms with E-state index in [1.165, 1.54) is 49.2 Å². The topological polar surface area (TPSA) is 48.5 Å². The zero-order valence-corrected chi connectivity index (χ0v) is 33.6. The Morgan fingerprint density at radius 3 is 1.31 bits per heavy atom. The fourth-order valence-electron chi connectivity index (χ4n) is 9.01. The lowest BCUT2D eigenvalue weighted by Crippen LogP contribution is -2.00. The molecule has 290 valence electrons. The van der Waals surface area contributed by atoms with E-state index in [1.807, 2.05) is 60.7 Å². The summed E-state index contributed by atoms with van der Waals surface area (Å²) in [6.45, 7) is 0. The van der Waals surface area contributed by atoms with Gasteiger partial charge in [0.15, 0.2) is 17.5 Å². The van der Waals surface area contributed by atoms with E-state index in [2.05, 4.69) is 173 Å². The van der Waals surface area contributed by atoms with Crippen LogP contribution in [0.3, 0.4) is 0 Å². The van der Waals surface area contributed by atoms with Crippen LogP contribution >= 0.6 is 0 Å². The van der Waals surface area contributed by atoms with Gasteiger partial charge in [-0.3, -0.25) is 0 Å². The summed E-state index contributed by atoms with van der Waals surface area (Å²) in [5, 5.41) is 4.92. The largest absolute Gasteiger partial charge is 0.309 e. The Morgan fingerprint density at radius 1 is 0.226 bits per heavy atom. The second-order valence-corrected chi connectivity index (χ2v) is 15.7. The molecule has 0 aliphatic carbocycles. The minimum atomic E-state index is 0.638. The van der Waals surface area contributed by atoms with Crippen molar-refractivity contribution in [3.63, 3.8) is 0 Å². The number of benzene rings is 9. The van der Waals surface area contributed by atoms with Gasteiger partial charge >= 0.3 is 0 Å². The molecule has 0 saturated carbocycles. The third-order valence-corrected chi connectivity index (χ3v) is 12.0. The first kappa shape index (κ1) is 35.5. The first-order valence-electron chi connectivity index (χ1n) is 20.9. The summed E-state index contributed by atoms with van der Waals surface area (Å²) in [5.74, 6) is 1.93. The lowest BCUT2D eigenvalue weighted by molar-refractivity contribution is 1.07. The third-order valence-electron chi connectivity index (χ3n) is 12.0. The van der Waals surface area contributed by atoms with Crippen molar-refractivity contribution in [1.29, 1.82) is 0 Å². The van der Waals surface area contributed by atoms with Gasteiger partial charge in [0.05, 0.1) is 22.1 Å². The van der Waals surface area contributed by atoms with E-state index in [0.29, 0.717) is 17.5 Å². The van der Waals surface area contributed by atoms with Crippen molar-refractivity contribution in [3.05, 3.63) is 224 Å². The summed E-state index contributed by atoms with van der Waals surface area (Å²) in [4.78, 5) is 14.9. The predicted octanol–water partition coefficient (Wildman–Crippen LogP) is 14.4. The summed E-state index contributed by atoms with van der Waals surface area (Å²) in [6, 6.07) is 79.4. The van der Waals surface area contributed by atoms with Crippen molar-refractivity contribution in [2.24, 2.45) is 0 Å². The molecule has 0 aliphatic heterocycles. The summed E-state index contributed by atoms with van der Waals surface area (Å²) < 4.78 is 4.76. The van der Waals surface area contributed by atoms with E-state index >= 15 is 0 Å². The van der Waals surface area contributed by atoms with Crippen LogP contribution in [-0.4, -0.2) is 24.1 Å². The molecule has 12 aromatic rings. The summed E-state index contributed by atoms with van der Waals surface area (Å²) >= 11 is 0.